The van der Waals surface area contributed by atoms with E-state index >= 15 is 0 Å². The third-order valence-electron chi connectivity index (χ3n) is 3.01. The van der Waals surface area contributed by atoms with Crippen LogP contribution in [0.4, 0.5) is 0 Å². The van der Waals surface area contributed by atoms with E-state index in [9.17, 15) is 9.90 Å². The summed E-state index contributed by atoms with van der Waals surface area (Å²) in [5.41, 5.74) is 1.03. The van der Waals surface area contributed by atoms with Gasteiger partial charge < -0.3 is 10.4 Å². The van der Waals surface area contributed by atoms with Gasteiger partial charge in [-0.1, -0.05) is 36.4 Å². The molecule has 2 rings (SSSR count). The number of nitrogens with one attached hydrogen (secondary N) is 1. The largest absolute Gasteiger partial charge is 0.384 e. The Morgan fingerprint density at radius 2 is 1.78 bits per heavy atom. The number of benzene rings is 2. The smallest absolute Gasteiger partial charge is 0.249 e. The lowest BCUT2D eigenvalue weighted by Gasteiger charge is -2.16. The fourth-order valence-electron chi connectivity index (χ4n) is 1.89. The van der Waals surface area contributed by atoms with Crippen LogP contribution in [0.2, 0.25) is 0 Å². The number of fused-ring (bicyclic) bond motifs is 1. The van der Waals surface area contributed by atoms with Gasteiger partial charge in [-0.2, -0.15) is 0 Å². The first-order chi connectivity index (χ1) is 8.58. The third kappa shape index (κ3) is 2.68. The van der Waals surface area contributed by atoms with Crippen molar-refractivity contribution in [1.29, 1.82) is 0 Å². The maximum absolute atomic E-state index is 11.4. The Balaban J connectivity index is 2.22. The highest BCUT2D eigenvalue weighted by molar-refractivity contribution is 5.84. The number of aliphatic hydroxyl groups is 1. The van der Waals surface area contributed by atoms with Crippen molar-refractivity contribution in [2.75, 3.05) is 0 Å². The van der Waals surface area contributed by atoms with E-state index in [1.807, 2.05) is 37.3 Å². The second kappa shape index (κ2) is 5.19. The zero-order chi connectivity index (χ0) is 13.1. The van der Waals surface area contributed by atoms with Gasteiger partial charge in [0.15, 0.2) is 0 Å². The van der Waals surface area contributed by atoms with Crippen molar-refractivity contribution in [1.82, 2.24) is 5.32 Å². The van der Waals surface area contributed by atoms with E-state index in [0.717, 1.165) is 10.9 Å². The van der Waals surface area contributed by atoms with Crippen LogP contribution in [0, 0.1) is 0 Å². The maximum atomic E-state index is 11.4. The van der Waals surface area contributed by atoms with Gasteiger partial charge in [-0.25, -0.2) is 0 Å². The van der Waals surface area contributed by atoms with E-state index in [-0.39, 0.29) is 11.9 Å². The number of hydrogen-bond donors (Lipinski definition) is 2. The Labute approximate surface area is 106 Å². The number of aliphatic hydroxyl groups excluding tert-OH is 1. The Bertz CT molecular complexity index is 563. The first-order valence-electron chi connectivity index (χ1n) is 6.05. The normalized spacial score (nSPS) is 14.2. The Morgan fingerprint density at radius 3 is 2.44 bits per heavy atom. The van der Waals surface area contributed by atoms with Crippen LogP contribution in [-0.2, 0) is 4.79 Å². The predicted octanol–water partition coefficient (Wildman–Crippen LogP) is 2.40. The van der Waals surface area contributed by atoms with E-state index in [0.29, 0.717) is 0 Å². The van der Waals surface area contributed by atoms with E-state index in [1.54, 1.807) is 0 Å². The molecule has 0 radical (unpaired) electrons. The quantitative estimate of drug-likeness (QED) is 0.869. The minimum atomic E-state index is -0.979. The predicted molar refractivity (Wildman–Crippen MR) is 72.2 cm³/mol. The number of carbonyl (C=O) groups is 1. The molecule has 2 aromatic carbocycles. The van der Waals surface area contributed by atoms with E-state index in [1.165, 1.54) is 12.3 Å². The Morgan fingerprint density at radius 1 is 1.11 bits per heavy atom. The van der Waals surface area contributed by atoms with Crippen LogP contribution in [0.25, 0.3) is 10.8 Å². The highest BCUT2D eigenvalue weighted by Gasteiger charge is 2.13. The van der Waals surface area contributed by atoms with Crippen molar-refractivity contribution in [2.45, 2.75) is 26.0 Å². The summed E-state index contributed by atoms with van der Waals surface area (Å²) in [5.74, 6) is -0.351. The van der Waals surface area contributed by atoms with E-state index < -0.39 is 6.10 Å². The molecule has 0 aliphatic heterocycles. The van der Waals surface area contributed by atoms with Crippen molar-refractivity contribution in [3.8, 4) is 0 Å². The van der Waals surface area contributed by atoms with Gasteiger partial charge in [-0.3, -0.25) is 4.79 Å². The molecule has 1 amide bonds. The van der Waals surface area contributed by atoms with Gasteiger partial charge in [0.2, 0.25) is 5.91 Å². The fourth-order valence-corrected chi connectivity index (χ4v) is 1.89. The van der Waals surface area contributed by atoms with Gasteiger partial charge in [-0.05, 0) is 36.2 Å². The summed E-state index contributed by atoms with van der Waals surface area (Å²) < 4.78 is 0. The molecule has 0 saturated carbocycles. The monoisotopic (exact) mass is 243 g/mol. The highest BCUT2D eigenvalue weighted by Crippen LogP contribution is 2.20. The Hall–Kier alpha value is -1.87. The first-order valence-corrected chi connectivity index (χ1v) is 6.05. The highest BCUT2D eigenvalue weighted by atomic mass is 16.3. The van der Waals surface area contributed by atoms with Gasteiger partial charge in [0.1, 0.15) is 6.10 Å². The van der Waals surface area contributed by atoms with Crippen LogP contribution >= 0.6 is 0 Å². The average molecular weight is 243 g/mol. The molecule has 2 unspecified atom stereocenters. The molecule has 0 bridgehead atoms. The lowest BCUT2D eigenvalue weighted by Crippen LogP contribution is -2.34. The van der Waals surface area contributed by atoms with Crippen molar-refractivity contribution in [3.63, 3.8) is 0 Å². The average Bonchev–Trinajstić information content (AvgIpc) is 2.37. The van der Waals surface area contributed by atoms with Crippen molar-refractivity contribution in [2.24, 2.45) is 0 Å². The molecule has 3 nitrogen and oxygen atoms in total. The number of rotatable bonds is 3. The molecule has 2 N–H and O–H groups in total. The second-order valence-electron chi connectivity index (χ2n) is 4.51. The molecule has 0 fully saturated rings. The number of amides is 1. The zero-order valence-electron chi connectivity index (χ0n) is 10.6. The van der Waals surface area contributed by atoms with Crippen LogP contribution in [0.15, 0.2) is 42.5 Å². The molecule has 18 heavy (non-hydrogen) atoms. The molecule has 2 atom stereocenters. The van der Waals surface area contributed by atoms with Gasteiger partial charge in [0, 0.05) is 0 Å². The third-order valence-corrected chi connectivity index (χ3v) is 3.01. The van der Waals surface area contributed by atoms with Crippen molar-refractivity contribution < 1.29 is 9.90 Å². The van der Waals surface area contributed by atoms with Crippen molar-refractivity contribution in [3.05, 3.63) is 48.0 Å². The second-order valence-corrected chi connectivity index (χ2v) is 4.51. The lowest BCUT2D eigenvalue weighted by atomic mass is 10.0. The number of carbonyl (C=O) groups excluding carboxylic acids is 1. The minimum Gasteiger partial charge on any atom is -0.384 e. The van der Waals surface area contributed by atoms with Crippen LogP contribution < -0.4 is 5.32 Å². The molecular formula is C15H17NO2. The summed E-state index contributed by atoms with van der Waals surface area (Å²) in [7, 11) is 0. The van der Waals surface area contributed by atoms with Gasteiger partial charge in [0.25, 0.3) is 0 Å². The summed E-state index contributed by atoms with van der Waals surface area (Å²) in [6, 6.07) is 14.1. The molecule has 3 heteroatoms. The van der Waals surface area contributed by atoms with Gasteiger partial charge >= 0.3 is 0 Å². The van der Waals surface area contributed by atoms with Crippen molar-refractivity contribution >= 4 is 16.7 Å². The summed E-state index contributed by atoms with van der Waals surface area (Å²) >= 11 is 0. The summed E-state index contributed by atoms with van der Waals surface area (Å²) in [5, 5.41) is 14.3. The number of hydrogen-bond acceptors (Lipinski definition) is 2. The molecule has 2 aromatic rings. The molecule has 94 valence electrons. The first kappa shape index (κ1) is 12.6. The fraction of sp³-hybridized carbons (Fsp3) is 0.267. The van der Waals surface area contributed by atoms with Gasteiger partial charge in [-0.15, -0.1) is 0 Å². The molecule has 0 aliphatic rings. The van der Waals surface area contributed by atoms with Crippen LogP contribution in [0.3, 0.4) is 0 Å². The maximum Gasteiger partial charge on any atom is 0.249 e. The summed E-state index contributed by atoms with van der Waals surface area (Å²) in [6.45, 7) is 3.37. The molecular weight excluding hydrogens is 226 g/mol. The molecule has 0 spiro atoms. The van der Waals surface area contributed by atoms with Gasteiger partial charge in [0.05, 0.1) is 6.04 Å². The van der Waals surface area contributed by atoms with E-state index in [4.69, 9.17) is 0 Å². The minimum absolute atomic E-state index is 0.114. The van der Waals surface area contributed by atoms with Crippen LogP contribution in [-0.4, -0.2) is 17.1 Å². The summed E-state index contributed by atoms with van der Waals surface area (Å²) in [6.07, 6.45) is -0.979. The molecule has 0 aliphatic carbocycles. The topological polar surface area (TPSA) is 49.3 Å². The molecule has 0 heterocycles. The zero-order valence-corrected chi connectivity index (χ0v) is 10.6. The molecule has 0 saturated heterocycles. The standard InChI is InChI=1S/C15H17NO2/c1-10(16-15(18)11(2)17)13-8-7-12-5-3-4-6-14(12)9-13/h3-11,17H,1-2H3,(H,16,18). The van der Waals surface area contributed by atoms with Crippen LogP contribution in [0.1, 0.15) is 25.5 Å². The van der Waals surface area contributed by atoms with Crippen LogP contribution in [0.5, 0.6) is 0 Å². The molecule has 0 aromatic heterocycles. The summed E-state index contributed by atoms with van der Waals surface area (Å²) in [4.78, 5) is 11.4. The lowest BCUT2D eigenvalue weighted by molar-refractivity contribution is -0.129. The SMILES string of the molecule is CC(O)C(=O)NC(C)c1ccc2ccccc2c1. The van der Waals surface area contributed by atoms with E-state index in [2.05, 4.69) is 17.4 Å². The Kier molecular flexibility index (Phi) is 3.63.